The van der Waals surface area contributed by atoms with Crippen molar-refractivity contribution in [3.05, 3.63) is 11.6 Å². The number of ketones is 1. The van der Waals surface area contributed by atoms with E-state index in [1.165, 1.54) is 18.4 Å². The SMILES string of the molecule is CCOC(=O)[C@@]12CCC[C@H]1[C@@H]1CCC3=CC(=O)CC[C@]3(C)[C@H]1CC2. The smallest absolute Gasteiger partial charge is 0.312 e. The van der Waals surface area contributed by atoms with Gasteiger partial charge in [0.2, 0.25) is 0 Å². The minimum atomic E-state index is -0.195. The van der Waals surface area contributed by atoms with Crippen LogP contribution >= 0.6 is 0 Å². The quantitative estimate of drug-likeness (QED) is 0.703. The summed E-state index contributed by atoms with van der Waals surface area (Å²) in [6.07, 6.45) is 11.4. The fourth-order valence-electron chi connectivity index (χ4n) is 6.84. The minimum Gasteiger partial charge on any atom is -0.466 e. The molecule has 0 amide bonds. The number of hydrogen-bond donors (Lipinski definition) is 0. The molecule has 3 fully saturated rings. The van der Waals surface area contributed by atoms with Gasteiger partial charge in [-0.05, 0) is 81.1 Å². The van der Waals surface area contributed by atoms with Crippen molar-refractivity contribution in [2.75, 3.05) is 6.61 Å². The van der Waals surface area contributed by atoms with Crippen LogP contribution < -0.4 is 0 Å². The first-order valence-corrected chi connectivity index (χ1v) is 9.92. The van der Waals surface area contributed by atoms with Gasteiger partial charge >= 0.3 is 5.97 Å². The van der Waals surface area contributed by atoms with E-state index in [0.717, 1.165) is 38.5 Å². The summed E-state index contributed by atoms with van der Waals surface area (Å²) in [6, 6.07) is 0. The predicted octanol–water partition coefficient (Wildman–Crippen LogP) is 4.45. The van der Waals surface area contributed by atoms with E-state index in [0.29, 0.717) is 36.6 Å². The second kappa shape index (κ2) is 5.71. The number of allylic oxidation sites excluding steroid dienone is 1. The molecule has 0 saturated heterocycles. The van der Waals surface area contributed by atoms with Gasteiger partial charge in [-0.2, -0.15) is 0 Å². The number of carbonyl (C=O) groups excluding carboxylic acids is 2. The van der Waals surface area contributed by atoms with Crippen molar-refractivity contribution in [1.29, 1.82) is 0 Å². The third-order valence-corrected chi connectivity index (χ3v) is 7.99. The zero-order valence-electron chi connectivity index (χ0n) is 15.1. The maximum absolute atomic E-state index is 12.8. The van der Waals surface area contributed by atoms with E-state index in [2.05, 4.69) is 6.92 Å². The second-order valence-corrected chi connectivity index (χ2v) is 8.78. The number of fused-ring (bicyclic) bond motifs is 5. The number of rotatable bonds is 2. The summed E-state index contributed by atoms with van der Waals surface area (Å²) >= 11 is 0. The monoisotopic (exact) mass is 330 g/mol. The Labute approximate surface area is 145 Å². The highest BCUT2D eigenvalue weighted by Crippen LogP contribution is 2.65. The molecule has 24 heavy (non-hydrogen) atoms. The molecular formula is C21H30O3. The van der Waals surface area contributed by atoms with Gasteiger partial charge in [0.25, 0.3) is 0 Å². The Morgan fingerprint density at radius 3 is 2.79 bits per heavy atom. The van der Waals surface area contributed by atoms with Crippen LogP contribution in [0.2, 0.25) is 0 Å². The van der Waals surface area contributed by atoms with Crippen LogP contribution in [0.1, 0.15) is 71.6 Å². The fourth-order valence-corrected chi connectivity index (χ4v) is 6.84. The number of hydrogen-bond acceptors (Lipinski definition) is 3. The van der Waals surface area contributed by atoms with E-state index in [4.69, 9.17) is 4.74 Å². The molecule has 3 heteroatoms. The van der Waals surface area contributed by atoms with Crippen LogP contribution in [0, 0.1) is 28.6 Å². The van der Waals surface area contributed by atoms with Crippen LogP contribution in [-0.2, 0) is 14.3 Å². The first-order chi connectivity index (χ1) is 11.5. The zero-order chi connectivity index (χ0) is 16.9. The molecule has 0 unspecified atom stereocenters. The first-order valence-electron chi connectivity index (χ1n) is 9.92. The summed E-state index contributed by atoms with van der Waals surface area (Å²) in [5, 5.41) is 0. The predicted molar refractivity (Wildman–Crippen MR) is 92.3 cm³/mol. The summed E-state index contributed by atoms with van der Waals surface area (Å²) in [5.41, 5.74) is 1.40. The number of ether oxygens (including phenoxy) is 1. The molecule has 0 aromatic rings. The Kier molecular flexibility index (Phi) is 3.89. The molecule has 0 bridgehead atoms. The molecular weight excluding hydrogens is 300 g/mol. The molecule has 4 rings (SSSR count). The summed E-state index contributed by atoms with van der Waals surface area (Å²) in [4.78, 5) is 24.7. The molecule has 0 aliphatic heterocycles. The molecule has 0 N–H and O–H groups in total. The van der Waals surface area contributed by atoms with Gasteiger partial charge in [0.1, 0.15) is 0 Å². The second-order valence-electron chi connectivity index (χ2n) is 8.78. The van der Waals surface area contributed by atoms with E-state index in [-0.39, 0.29) is 16.8 Å². The molecule has 0 spiro atoms. The van der Waals surface area contributed by atoms with Crippen LogP contribution in [-0.4, -0.2) is 18.4 Å². The summed E-state index contributed by atoms with van der Waals surface area (Å²) in [5.74, 6) is 2.19. The molecule has 4 aliphatic rings. The lowest BCUT2D eigenvalue weighted by molar-refractivity contribution is -0.166. The van der Waals surface area contributed by atoms with E-state index in [9.17, 15) is 9.59 Å². The van der Waals surface area contributed by atoms with Crippen molar-refractivity contribution in [2.45, 2.75) is 71.6 Å². The van der Waals surface area contributed by atoms with Gasteiger partial charge < -0.3 is 4.74 Å². The number of carbonyl (C=O) groups is 2. The first kappa shape index (κ1) is 16.4. The minimum absolute atomic E-state index is 0.0799. The van der Waals surface area contributed by atoms with Crippen LogP contribution in [0.15, 0.2) is 11.6 Å². The third kappa shape index (κ3) is 2.16. The lowest BCUT2D eigenvalue weighted by atomic mass is 9.47. The van der Waals surface area contributed by atoms with Gasteiger partial charge in [-0.15, -0.1) is 0 Å². The molecule has 3 nitrogen and oxygen atoms in total. The normalized spacial score (nSPS) is 44.2. The number of esters is 1. The molecule has 0 aromatic heterocycles. The molecule has 3 saturated carbocycles. The molecule has 5 atom stereocenters. The van der Waals surface area contributed by atoms with Crippen LogP contribution in [0.4, 0.5) is 0 Å². The summed E-state index contributed by atoms with van der Waals surface area (Å²) in [7, 11) is 0. The van der Waals surface area contributed by atoms with Crippen molar-refractivity contribution >= 4 is 11.8 Å². The van der Waals surface area contributed by atoms with Crippen molar-refractivity contribution < 1.29 is 14.3 Å². The Balaban J connectivity index is 1.66. The highest BCUT2D eigenvalue weighted by Gasteiger charge is 2.60. The molecule has 4 aliphatic carbocycles. The van der Waals surface area contributed by atoms with Crippen LogP contribution in [0.3, 0.4) is 0 Å². The van der Waals surface area contributed by atoms with Crippen LogP contribution in [0.25, 0.3) is 0 Å². The van der Waals surface area contributed by atoms with Gasteiger partial charge in [0, 0.05) is 6.42 Å². The van der Waals surface area contributed by atoms with Gasteiger partial charge in [-0.3, -0.25) is 9.59 Å². The Bertz CT molecular complexity index is 592. The molecule has 0 radical (unpaired) electrons. The van der Waals surface area contributed by atoms with Gasteiger partial charge in [0.15, 0.2) is 5.78 Å². The van der Waals surface area contributed by atoms with E-state index >= 15 is 0 Å². The standard InChI is InChI=1S/C21H30O3/c1-3-24-19(23)21-10-4-5-18(21)16-7-6-14-13-15(22)8-11-20(14,2)17(16)9-12-21/h13,16-18H,3-12H2,1-2H3/t16-,17+,18+,20+,21-/m1/s1. The maximum Gasteiger partial charge on any atom is 0.312 e. The van der Waals surface area contributed by atoms with Gasteiger partial charge in [-0.1, -0.05) is 18.9 Å². The largest absolute Gasteiger partial charge is 0.466 e. The highest BCUT2D eigenvalue weighted by molar-refractivity contribution is 5.91. The maximum atomic E-state index is 12.8. The Hall–Kier alpha value is -1.12. The lowest BCUT2D eigenvalue weighted by Crippen LogP contribution is -2.52. The van der Waals surface area contributed by atoms with Crippen molar-refractivity contribution in [3.8, 4) is 0 Å². The van der Waals surface area contributed by atoms with E-state index in [1.54, 1.807) is 0 Å². The average Bonchev–Trinajstić information content (AvgIpc) is 3.01. The van der Waals surface area contributed by atoms with Crippen molar-refractivity contribution in [2.24, 2.45) is 28.6 Å². The Morgan fingerprint density at radius 2 is 2.00 bits per heavy atom. The third-order valence-electron chi connectivity index (χ3n) is 7.99. The average molecular weight is 330 g/mol. The van der Waals surface area contributed by atoms with Gasteiger partial charge in [-0.25, -0.2) is 0 Å². The van der Waals surface area contributed by atoms with Crippen molar-refractivity contribution in [3.63, 3.8) is 0 Å². The molecule has 132 valence electrons. The fraction of sp³-hybridized carbons (Fsp3) is 0.810. The summed E-state index contributed by atoms with van der Waals surface area (Å²) < 4.78 is 5.52. The zero-order valence-corrected chi connectivity index (χ0v) is 15.1. The molecule has 0 aromatic carbocycles. The summed E-state index contributed by atoms with van der Waals surface area (Å²) in [6.45, 7) is 4.81. The lowest BCUT2D eigenvalue weighted by Gasteiger charge is -2.57. The topological polar surface area (TPSA) is 43.4 Å². The van der Waals surface area contributed by atoms with E-state index in [1.807, 2.05) is 13.0 Å². The highest BCUT2D eigenvalue weighted by atomic mass is 16.5. The van der Waals surface area contributed by atoms with E-state index < -0.39 is 0 Å². The Morgan fingerprint density at radius 1 is 1.17 bits per heavy atom. The van der Waals surface area contributed by atoms with Gasteiger partial charge in [0.05, 0.1) is 12.0 Å². The molecule has 0 heterocycles. The van der Waals surface area contributed by atoms with Crippen LogP contribution in [0.5, 0.6) is 0 Å². The van der Waals surface area contributed by atoms with Crippen molar-refractivity contribution in [1.82, 2.24) is 0 Å².